The smallest absolute Gasteiger partial charge is 0.239 e. The second-order valence-electron chi connectivity index (χ2n) is 3.38. The van der Waals surface area contributed by atoms with Crippen LogP contribution in [0.3, 0.4) is 0 Å². The fourth-order valence-electron chi connectivity index (χ4n) is 1.41. The first-order chi connectivity index (χ1) is 8.72. The minimum atomic E-state index is -1.58. The van der Waals surface area contributed by atoms with Crippen LogP contribution in [-0.4, -0.2) is 27.6 Å². The Morgan fingerprint density at radius 3 is 2.72 bits per heavy atom. The van der Waals surface area contributed by atoms with Crippen LogP contribution in [0.25, 0.3) is 0 Å². The van der Waals surface area contributed by atoms with Crippen LogP contribution >= 0.6 is 11.6 Å². The van der Waals surface area contributed by atoms with Gasteiger partial charge in [-0.05, 0) is 12.1 Å². The first kappa shape index (κ1) is 12.5. The molecule has 0 saturated carbocycles. The normalized spacial score (nSPS) is 13.4. The Hall–Kier alpha value is -1.95. The summed E-state index contributed by atoms with van der Waals surface area (Å²) in [4.78, 5) is 8.35. The fraction of sp³-hybridized carbons (Fsp3) is 0.182. The summed E-state index contributed by atoms with van der Waals surface area (Å²) in [6.45, 7) is 0. The fourth-order valence-corrected chi connectivity index (χ4v) is 1.54. The van der Waals surface area contributed by atoms with Gasteiger partial charge in [-0.25, -0.2) is 14.1 Å². The molecule has 0 aliphatic rings. The lowest BCUT2D eigenvalue weighted by atomic mass is 10.1. The molecule has 1 aromatic carbocycles. The summed E-state index contributed by atoms with van der Waals surface area (Å²) in [5, 5.41) is 7.98. The van der Waals surface area contributed by atoms with Crippen molar-refractivity contribution in [2.24, 2.45) is 5.16 Å². The molecular weight excluding hydrogens is 259 g/mol. The van der Waals surface area contributed by atoms with Gasteiger partial charge >= 0.3 is 0 Å². The van der Waals surface area contributed by atoms with Gasteiger partial charge in [-0.15, -0.1) is 0 Å². The number of benzene rings is 1. The van der Waals surface area contributed by atoms with Crippen LogP contribution in [0, 0.1) is 0 Å². The van der Waals surface area contributed by atoms with Crippen LogP contribution in [0.15, 0.2) is 42.1 Å². The Balaban J connectivity index is 2.34. The first-order valence-electron chi connectivity index (χ1n) is 5.07. The molecule has 0 radical (unpaired) electrons. The molecule has 1 unspecified atom stereocenters. The number of halogens is 2. The zero-order valence-corrected chi connectivity index (χ0v) is 10.3. The van der Waals surface area contributed by atoms with Crippen molar-refractivity contribution in [2.75, 3.05) is 7.11 Å². The van der Waals surface area contributed by atoms with Crippen LogP contribution < -0.4 is 0 Å². The standard InChI is InChI=1S/C11H10ClFN4O/c1-18-16-10(8-2-4-9(12)5-3-8)11(13)17-7-14-6-15-17/h2-7,11H,1H3/b16-10-. The Kier molecular flexibility index (Phi) is 3.88. The van der Waals surface area contributed by atoms with Gasteiger partial charge < -0.3 is 4.84 Å². The lowest BCUT2D eigenvalue weighted by Gasteiger charge is -2.11. The van der Waals surface area contributed by atoms with E-state index >= 15 is 0 Å². The van der Waals surface area contributed by atoms with Gasteiger partial charge in [0.1, 0.15) is 25.5 Å². The van der Waals surface area contributed by atoms with E-state index in [1.165, 1.54) is 19.8 Å². The van der Waals surface area contributed by atoms with Crippen molar-refractivity contribution in [3.8, 4) is 0 Å². The topological polar surface area (TPSA) is 52.3 Å². The maximum absolute atomic E-state index is 14.2. The van der Waals surface area contributed by atoms with Gasteiger partial charge in [0.2, 0.25) is 6.30 Å². The van der Waals surface area contributed by atoms with Gasteiger partial charge in [0.05, 0.1) is 0 Å². The molecular formula is C11H10ClFN4O. The quantitative estimate of drug-likeness (QED) is 0.632. The molecule has 2 aromatic rings. The molecule has 1 heterocycles. The SMILES string of the molecule is CO/N=C(/c1ccc(Cl)cc1)C(F)n1cncn1. The zero-order valence-electron chi connectivity index (χ0n) is 9.49. The predicted octanol–water partition coefficient (Wildman–Crippen LogP) is 2.45. The van der Waals surface area contributed by atoms with E-state index in [2.05, 4.69) is 20.1 Å². The largest absolute Gasteiger partial charge is 0.399 e. The second-order valence-corrected chi connectivity index (χ2v) is 3.81. The highest BCUT2D eigenvalue weighted by molar-refractivity contribution is 6.30. The highest BCUT2D eigenvalue weighted by Crippen LogP contribution is 2.18. The Labute approximate surface area is 108 Å². The summed E-state index contributed by atoms with van der Waals surface area (Å²) in [6, 6.07) is 6.61. The average molecular weight is 269 g/mol. The van der Waals surface area contributed by atoms with Crippen LogP contribution in [0.2, 0.25) is 5.02 Å². The molecule has 0 spiro atoms. The van der Waals surface area contributed by atoms with E-state index in [1.54, 1.807) is 24.3 Å². The lowest BCUT2D eigenvalue weighted by molar-refractivity contribution is 0.203. The number of hydrogen-bond acceptors (Lipinski definition) is 4. The van der Waals surface area contributed by atoms with Crippen molar-refractivity contribution >= 4 is 17.3 Å². The third kappa shape index (κ3) is 2.65. The molecule has 0 aliphatic carbocycles. The molecule has 1 atom stereocenters. The summed E-state index contributed by atoms with van der Waals surface area (Å²) in [6.07, 6.45) is 0.943. The second kappa shape index (κ2) is 5.59. The number of rotatable bonds is 4. The summed E-state index contributed by atoms with van der Waals surface area (Å²) < 4.78 is 15.3. The summed E-state index contributed by atoms with van der Waals surface area (Å²) in [5.41, 5.74) is 0.656. The van der Waals surface area contributed by atoms with E-state index in [0.717, 1.165) is 4.68 Å². The van der Waals surface area contributed by atoms with Crippen molar-refractivity contribution < 1.29 is 9.23 Å². The van der Waals surface area contributed by atoms with E-state index in [1.807, 2.05) is 0 Å². The highest BCUT2D eigenvalue weighted by atomic mass is 35.5. The molecule has 0 amide bonds. The van der Waals surface area contributed by atoms with Crippen molar-refractivity contribution in [2.45, 2.75) is 6.30 Å². The van der Waals surface area contributed by atoms with E-state index in [-0.39, 0.29) is 5.71 Å². The lowest BCUT2D eigenvalue weighted by Crippen LogP contribution is -2.17. The maximum atomic E-state index is 14.2. The minimum Gasteiger partial charge on any atom is -0.399 e. The van der Waals surface area contributed by atoms with Crippen LogP contribution in [0.1, 0.15) is 11.9 Å². The molecule has 18 heavy (non-hydrogen) atoms. The third-order valence-electron chi connectivity index (χ3n) is 2.22. The molecule has 0 saturated heterocycles. The zero-order chi connectivity index (χ0) is 13.0. The number of alkyl halides is 1. The van der Waals surface area contributed by atoms with Gasteiger partial charge in [-0.1, -0.05) is 28.9 Å². The summed E-state index contributed by atoms with van der Waals surface area (Å²) in [5.74, 6) is 0. The van der Waals surface area contributed by atoms with E-state index in [9.17, 15) is 4.39 Å². The van der Waals surface area contributed by atoms with Crippen molar-refractivity contribution in [3.05, 3.63) is 47.5 Å². The monoisotopic (exact) mass is 268 g/mol. The number of oxime groups is 1. The molecule has 1 aromatic heterocycles. The molecule has 7 heteroatoms. The Morgan fingerprint density at radius 1 is 1.44 bits per heavy atom. The van der Waals surface area contributed by atoms with Gasteiger partial charge in [-0.3, -0.25) is 0 Å². The molecule has 0 aliphatic heterocycles. The van der Waals surface area contributed by atoms with Gasteiger partial charge in [0, 0.05) is 10.6 Å². The van der Waals surface area contributed by atoms with E-state index < -0.39 is 6.30 Å². The van der Waals surface area contributed by atoms with Crippen molar-refractivity contribution in [1.29, 1.82) is 0 Å². The highest BCUT2D eigenvalue weighted by Gasteiger charge is 2.20. The molecule has 0 N–H and O–H groups in total. The number of nitrogens with zero attached hydrogens (tertiary/aromatic N) is 4. The molecule has 2 rings (SSSR count). The minimum absolute atomic E-state index is 0.0969. The first-order valence-corrected chi connectivity index (χ1v) is 5.45. The molecule has 0 fully saturated rings. The summed E-state index contributed by atoms with van der Waals surface area (Å²) in [7, 11) is 1.35. The molecule has 5 nitrogen and oxygen atoms in total. The Morgan fingerprint density at radius 2 is 2.17 bits per heavy atom. The van der Waals surface area contributed by atoms with Crippen LogP contribution in [0.5, 0.6) is 0 Å². The van der Waals surface area contributed by atoms with Crippen molar-refractivity contribution in [3.63, 3.8) is 0 Å². The average Bonchev–Trinajstić information content (AvgIpc) is 2.90. The third-order valence-corrected chi connectivity index (χ3v) is 2.48. The van der Waals surface area contributed by atoms with E-state index in [0.29, 0.717) is 10.6 Å². The van der Waals surface area contributed by atoms with Gasteiger partial charge in [0.15, 0.2) is 0 Å². The number of hydrogen-bond donors (Lipinski definition) is 0. The maximum Gasteiger partial charge on any atom is 0.239 e. The predicted molar refractivity (Wildman–Crippen MR) is 65.2 cm³/mol. The van der Waals surface area contributed by atoms with Crippen LogP contribution in [-0.2, 0) is 4.84 Å². The molecule has 94 valence electrons. The number of aromatic nitrogens is 3. The van der Waals surface area contributed by atoms with Crippen molar-refractivity contribution in [1.82, 2.24) is 14.8 Å². The Bertz CT molecular complexity index is 526. The van der Waals surface area contributed by atoms with Crippen LogP contribution in [0.4, 0.5) is 4.39 Å². The summed E-state index contributed by atoms with van der Waals surface area (Å²) >= 11 is 5.78. The van der Waals surface area contributed by atoms with Gasteiger partial charge in [0.25, 0.3) is 0 Å². The molecule has 0 bridgehead atoms. The van der Waals surface area contributed by atoms with Gasteiger partial charge in [-0.2, -0.15) is 5.10 Å². The van der Waals surface area contributed by atoms with E-state index in [4.69, 9.17) is 11.6 Å².